The first kappa shape index (κ1) is 32.5. The molecule has 0 unspecified atom stereocenters. The summed E-state index contributed by atoms with van der Waals surface area (Å²) < 4.78 is 33.2. The van der Waals surface area contributed by atoms with E-state index >= 15 is 0 Å². The van der Waals surface area contributed by atoms with Gasteiger partial charge in [0, 0.05) is 39.0 Å². The molecule has 1 aromatic carbocycles. The second-order valence-corrected chi connectivity index (χ2v) is 10.0. The average Bonchev–Trinajstić information content (AvgIpc) is 2.89. The van der Waals surface area contributed by atoms with Gasteiger partial charge in [0.15, 0.2) is 12.2 Å². The molecule has 1 amide bonds. The minimum Gasteiger partial charge on any atom is -0.466 e. The number of ether oxygens (including phenoxy) is 6. The van der Waals surface area contributed by atoms with Crippen molar-refractivity contribution in [2.75, 3.05) is 20.3 Å². The van der Waals surface area contributed by atoms with Crippen LogP contribution < -0.4 is 5.32 Å². The van der Waals surface area contributed by atoms with E-state index in [0.29, 0.717) is 4.90 Å². The Kier molecular flexibility index (Phi) is 12.4. The summed E-state index contributed by atoms with van der Waals surface area (Å²) in [6, 6.07) is 9.45. The van der Waals surface area contributed by atoms with Crippen LogP contribution in [0.4, 0.5) is 0 Å². The van der Waals surface area contributed by atoms with Crippen LogP contribution in [0.2, 0.25) is 0 Å². The zero-order valence-electron chi connectivity index (χ0n) is 22.7. The van der Waals surface area contributed by atoms with Crippen LogP contribution in [0.5, 0.6) is 0 Å². The average molecular weight is 581 g/mol. The van der Waals surface area contributed by atoms with E-state index in [4.69, 9.17) is 28.4 Å². The van der Waals surface area contributed by atoms with Crippen LogP contribution >= 0.6 is 11.8 Å². The molecule has 14 heteroatoms. The van der Waals surface area contributed by atoms with E-state index in [9.17, 15) is 29.2 Å². The van der Waals surface area contributed by atoms with E-state index in [1.807, 2.05) is 6.07 Å². The Labute approximate surface area is 235 Å². The summed E-state index contributed by atoms with van der Waals surface area (Å²) in [6.07, 6.45) is -5.62. The second-order valence-electron chi connectivity index (χ2n) is 8.70. The van der Waals surface area contributed by atoms with Gasteiger partial charge in [0.1, 0.15) is 19.3 Å². The molecule has 6 atom stereocenters. The molecule has 1 aromatic rings. The maximum Gasteiger partial charge on any atom is 0.349 e. The molecule has 1 N–H and O–H groups in total. The zero-order chi connectivity index (χ0) is 29.9. The third-order valence-electron chi connectivity index (χ3n) is 5.57. The fourth-order valence-electron chi connectivity index (χ4n) is 4.16. The van der Waals surface area contributed by atoms with E-state index in [-0.39, 0.29) is 6.42 Å². The van der Waals surface area contributed by atoms with Gasteiger partial charge >= 0.3 is 23.9 Å². The van der Waals surface area contributed by atoms with Crippen LogP contribution in [0.1, 0.15) is 34.1 Å². The molecule has 218 valence electrons. The minimum absolute atomic E-state index is 0.197. The molecule has 0 radical (unpaired) electrons. The largest absolute Gasteiger partial charge is 0.466 e. The van der Waals surface area contributed by atoms with Gasteiger partial charge in [0.25, 0.3) is 0 Å². The summed E-state index contributed by atoms with van der Waals surface area (Å²) in [5.41, 5.74) is 0. The summed E-state index contributed by atoms with van der Waals surface area (Å²) in [6.45, 7) is 3.59. The topological polar surface area (TPSA) is 177 Å². The van der Waals surface area contributed by atoms with Gasteiger partial charge in [-0.15, -0.1) is 0 Å². The Bertz CT molecular complexity index is 1110. The van der Waals surface area contributed by atoms with Crippen LogP contribution in [0.3, 0.4) is 0 Å². The van der Waals surface area contributed by atoms with Gasteiger partial charge < -0.3 is 33.7 Å². The highest BCUT2D eigenvalue weighted by atomic mass is 32.2. The smallest absolute Gasteiger partial charge is 0.349 e. The molecule has 1 aliphatic heterocycles. The van der Waals surface area contributed by atoms with Crippen molar-refractivity contribution in [3.05, 3.63) is 30.3 Å². The number of esters is 4. The molecule has 1 heterocycles. The number of benzene rings is 1. The van der Waals surface area contributed by atoms with Crippen molar-refractivity contribution in [2.45, 2.75) is 74.4 Å². The third-order valence-corrected chi connectivity index (χ3v) is 6.83. The molecular weight excluding hydrogens is 548 g/mol. The van der Waals surface area contributed by atoms with E-state index in [1.54, 1.807) is 30.3 Å². The first-order valence-corrected chi connectivity index (χ1v) is 13.0. The lowest BCUT2D eigenvalue weighted by molar-refractivity contribution is -0.223. The minimum atomic E-state index is -1.84. The van der Waals surface area contributed by atoms with Crippen molar-refractivity contribution in [1.29, 1.82) is 5.26 Å². The number of hydrogen-bond donors (Lipinski definition) is 1. The number of hydrogen-bond acceptors (Lipinski definition) is 13. The van der Waals surface area contributed by atoms with Gasteiger partial charge in [0.05, 0.1) is 25.3 Å². The Hall–Kier alpha value is -3.67. The first-order chi connectivity index (χ1) is 18.9. The van der Waals surface area contributed by atoms with E-state index in [1.165, 1.54) is 6.92 Å². The van der Waals surface area contributed by atoms with Crippen LogP contribution in [-0.4, -0.2) is 85.5 Å². The lowest BCUT2D eigenvalue weighted by Crippen LogP contribution is -2.67. The zero-order valence-corrected chi connectivity index (χ0v) is 23.6. The Morgan fingerprint density at radius 2 is 1.73 bits per heavy atom. The van der Waals surface area contributed by atoms with Gasteiger partial charge in [-0.2, -0.15) is 5.26 Å². The molecule has 1 aliphatic rings. The van der Waals surface area contributed by atoms with E-state index in [0.717, 1.165) is 39.6 Å². The van der Waals surface area contributed by atoms with Gasteiger partial charge in [-0.05, 0) is 12.1 Å². The van der Waals surface area contributed by atoms with E-state index < -0.39 is 78.4 Å². The third kappa shape index (κ3) is 9.22. The lowest BCUT2D eigenvalue weighted by Gasteiger charge is -2.48. The number of nitriles is 1. The predicted octanol–water partition coefficient (Wildman–Crippen LogP) is 1.28. The van der Waals surface area contributed by atoms with Gasteiger partial charge in [-0.25, -0.2) is 4.79 Å². The molecule has 13 nitrogen and oxygen atoms in total. The molecular formula is C26H32N2O11S. The highest BCUT2D eigenvalue weighted by molar-refractivity contribution is 8.01. The molecule has 1 saturated heterocycles. The predicted molar refractivity (Wildman–Crippen MR) is 137 cm³/mol. The molecule has 1 fully saturated rings. The summed E-state index contributed by atoms with van der Waals surface area (Å²) in [5.74, 6) is -3.69. The van der Waals surface area contributed by atoms with Crippen molar-refractivity contribution < 1.29 is 52.4 Å². The molecule has 0 saturated carbocycles. The Morgan fingerprint density at radius 1 is 1.07 bits per heavy atom. The number of thioether (sulfide) groups is 1. The number of methoxy groups -OCH3 is 1. The van der Waals surface area contributed by atoms with Crippen LogP contribution in [-0.2, 0) is 52.4 Å². The van der Waals surface area contributed by atoms with Crippen molar-refractivity contribution in [1.82, 2.24) is 5.32 Å². The van der Waals surface area contributed by atoms with Gasteiger partial charge in [-0.1, -0.05) is 30.0 Å². The second kappa shape index (κ2) is 15.2. The number of carbonyl (C=O) groups is 5. The summed E-state index contributed by atoms with van der Waals surface area (Å²) in [4.78, 5) is 60.3. The van der Waals surface area contributed by atoms with Gasteiger partial charge in [-0.3, -0.25) is 19.2 Å². The quantitative estimate of drug-likeness (QED) is 0.276. The highest BCUT2D eigenvalue weighted by Crippen LogP contribution is 2.45. The highest BCUT2D eigenvalue weighted by Gasteiger charge is 2.58. The SMILES string of the molecule is COC(=O)[C@]1(Sc2ccccc2)C[C@H](OCC#N)[C@@H](NC(C)=O)[C@H]([C@H](OC(C)=O)[C@@H](COC(C)=O)OC(C)=O)O1. The van der Waals surface area contributed by atoms with Crippen LogP contribution in [0, 0.1) is 11.3 Å². The van der Waals surface area contributed by atoms with Crippen LogP contribution in [0.15, 0.2) is 35.2 Å². The van der Waals surface area contributed by atoms with Crippen molar-refractivity contribution in [3.63, 3.8) is 0 Å². The maximum absolute atomic E-state index is 13.4. The monoisotopic (exact) mass is 580 g/mol. The molecule has 0 aromatic heterocycles. The number of carbonyl (C=O) groups excluding carboxylic acids is 5. The normalized spacial score (nSPS) is 23.4. The van der Waals surface area contributed by atoms with Crippen molar-refractivity contribution in [2.24, 2.45) is 0 Å². The fourth-order valence-corrected chi connectivity index (χ4v) is 5.41. The number of amides is 1. The molecule has 2 rings (SSSR count). The number of rotatable bonds is 12. The lowest BCUT2D eigenvalue weighted by atomic mass is 9.89. The summed E-state index contributed by atoms with van der Waals surface area (Å²) in [5, 5.41) is 11.9. The summed E-state index contributed by atoms with van der Waals surface area (Å²) in [7, 11) is 1.16. The van der Waals surface area contributed by atoms with Crippen LogP contribution in [0.25, 0.3) is 0 Å². The molecule has 0 bridgehead atoms. The Morgan fingerprint density at radius 3 is 2.25 bits per heavy atom. The molecule has 0 aliphatic carbocycles. The maximum atomic E-state index is 13.4. The molecule has 40 heavy (non-hydrogen) atoms. The Balaban J connectivity index is 2.74. The van der Waals surface area contributed by atoms with Crippen molar-refractivity contribution in [3.8, 4) is 6.07 Å². The summed E-state index contributed by atoms with van der Waals surface area (Å²) >= 11 is 0.981. The number of nitrogens with one attached hydrogen (secondary N) is 1. The number of nitrogens with zero attached hydrogens (tertiary/aromatic N) is 1. The first-order valence-electron chi connectivity index (χ1n) is 12.2. The molecule has 0 spiro atoms. The van der Waals surface area contributed by atoms with E-state index in [2.05, 4.69) is 5.32 Å². The van der Waals surface area contributed by atoms with Crippen molar-refractivity contribution >= 4 is 41.5 Å². The fraction of sp³-hybridized carbons (Fsp3) is 0.538. The van der Waals surface area contributed by atoms with Gasteiger partial charge in [0.2, 0.25) is 10.8 Å². The standard InChI is InChI=1S/C26H32N2O11S/c1-15(29)28-22-20(35-12-11-27)13-26(25(33)34-5,40-19-9-7-6-8-10-19)39-24(22)23(38-18(4)32)21(37-17(3)31)14-36-16(2)30/h6-10,20-24H,12-14H2,1-5H3,(H,28,29)/t20-,21+,22+,23+,24+,26+/m0/s1.